The van der Waals surface area contributed by atoms with Gasteiger partial charge in [-0.3, -0.25) is 14.4 Å². The van der Waals surface area contributed by atoms with E-state index in [0.29, 0.717) is 23.3 Å². The summed E-state index contributed by atoms with van der Waals surface area (Å²) >= 11 is 1.03. The molecule has 1 N–H and O–H groups in total. The molecule has 3 rings (SSSR count). The van der Waals surface area contributed by atoms with E-state index in [1.807, 2.05) is 6.07 Å². The van der Waals surface area contributed by atoms with Crippen molar-refractivity contribution in [1.29, 1.82) is 0 Å². The van der Waals surface area contributed by atoms with Gasteiger partial charge < -0.3 is 10.1 Å². The molecule has 0 bridgehead atoms. The maximum Gasteiger partial charge on any atom is 0.316 e. The van der Waals surface area contributed by atoms with E-state index < -0.39 is 17.7 Å². The number of amides is 2. The molecule has 1 heterocycles. The third kappa shape index (κ3) is 5.47. The molecule has 0 spiro atoms. The third-order valence-electron chi connectivity index (χ3n) is 5.65. The molecule has 0 radical (unpaired) electrons. The van der Waals surface area contributed by atoms with Crippen LogP contribution in [-0.4, -0.2) is 34.8 Å². The number of carbonyl (C=O) groups is 3. The van der Waals surface area contributed by atoms with E-state index in [1.165, 1.54) is 6.42 Å². The standard InChI is InChI=1S/C22H28N2O4S/c1-13(2)16-10-9-14(3)11-17(16)28-18(25)12-29-22-23-20(26)19(21(27)24-22)15-7-5-4-6-8-15/h4-8,13-14,16-17,19H,9-12H2,1-3H3,(H,23,24,26,27). The molecule has 4 unspecified atom stereocenters. The summed E-state index contributed by atoms with van der Waals surface area (Å²) in [7, 11) is 0. The van der Waals surface area contributed by atoms with Crippen molar-refractivity contribution in [3.63, 3.8) is 0 Å². The highest BCUT2D eigenvalue weighted by Crippen LogP contribution is 2.35. The van der Waals surface area contributed by atoms with Crippen LogP contribution < -0.4 is 5.32 Å². The van der Waals surface area contributed by atoms with Crippen molar-refractivity contribution in [1.82, 2.24) is 5.32 Å². The Morgan fingerprint density at radius 3 is 2.62 bits per heavy atom. The number of amidine groups is 1. The zero-order chi connectivity index (χ0) is 21.0. The topological polar surface area (TPSA) is 84.8 Å². The summed E-state index contributed by atoms with van der Waals surface area (Å²) in [6, 6.07) is 8.82. The summed E-state index contributed by atoms with van der Waals surface area (Å²) in [4.78, 5) is 41.1. The fourth-order valence-corrected chi connectivity index (χ4v) is 4.72. The normalized spacial score (nSPS) is 27.4. The number of rotatable bonds is 5. The second-order valence-electron chi connectivity index (χ2n) is 8.23. The first-order chi connectivity index (χ1) is 13.8. The fraction of sp³-hybridized carbons (Fsp3) is 0.545. The SMILES string of the molecule is CC1CCC(C(C)C)C(OC(=O)CSC2=NC(=O)C(c3ccccc3)C(=O)N2)C1. The minimum absolute atomic E-state index is 0.0120. The summed E-state index contributed by atoms with van der Waals surface area (Å²) in [6.45, 7) is 6.52. The molecule has 1 aromatic rings. The highest BCUT2D eigenvalue weighted by atomic mass is 32.2. The molecule has 0 aromatic heterocycles. The Morgan fingerprint density at radius 1 is 1.24 bits per heavy atom. The maximum atomic E-state index is 12.4. The van der Waals surface area contributed by atoms with Crippen LogP contribution in [0.5, 0.6) is 0 Å². The Hall–Kier alpha value is -2.15. The zero-order valence-electron chi connectivity index (χ0n) is 17.1. The van der Waals surface area contributed by atoms with Crippen LogP contribution in [0.4, 0.5) is 0 Å². The molecule has 1 aliphatic carbocycles. The fourth-order valence-electron chi connectivity index (χ4n) is 4.07. The largest absolute Gasteiger partial charge is 0.461 e. The molecular formula is C22H28N2O4S. The first kappa shape index (κ1) is 21.6. The third-order valence-corrected chi connectivity index (χ3v) is 6.50. The van der Waals surface area contributed by atoms with Gasteiger partial charge in [0.25, 0.3) is 5.91 Å². The molecule has 2 aliphatic rings. The minimum atomic E-state index is -0.942. The van der Waals surface area contributed by atoms with Crippen molar-refractivity contribution in [2.24, 2.45) is 22.7 Å². The van der Waals surface area contributed by atoms with E-state index in [1.54, 1.807) is 24.3 Å². The monoisotopic (exact) mass is 416 g/mol. The smallest absolute Gasteiger partial charge is 0.316 e. The van der Waals surface area contributed by atoms with Crippen molar-refractivity contribution < 1.29 is 19.1 Å². The lowest BCUT2D eigenvalue weighted by atomic mass is 9.75. The molecule has 7 heteroatoms. The molecule has 4 atom stereocenters. The number of benzene rings is 1. The Balaban J connectivity index is 1.56. The van der Waals surface area contributed by atoms with E-state index >= 15 is 0 Å². The quantitative estimate of drug-likeness (QED) is 0.586. The van der Waals surface area contributed by atoms with Crippen molar-refractivity contribution in [3.8, 4) is 0 Å². The Kier molecular flexibility index (Phi) is 7.11. The first-order valence-electron chi connectivity index (χ1n) is 10.2. The number of esters is 1. The lowest BCUT2D eigenvalue weighted by molar-refractivity contribution is -0.152. The van der Waals surface area contributed by atoms with Gasteiger partial charge in [0.1, 0.15) is 12.0 Å². The number of thioether (sulfide) groups is 1. The number of hydrogen-bond donors (Lipinski definition) is 1. The Labute approximate surface area is 175 Å². The van der Waals surface area contributed by atoms with E-state index in [4.69, 9.17) is 4.74 Å². The summed E-state index contributed by atoms with van der Waals surface area (Å²) in [5.41, 5.74) is 0.605. The molecule has 1 aliphatic heterocycles. The number of carbonyl (C=O) groups excluding carboxylic acids is 3. The average Bonchev–Trinajstić information content (AvgIpc) is 2.66. The van der Waals surface area contributed by atoms with Gasteiger partial charge in [0.2, 0.25) is 5.91 Å². The molecule has 2 amide bonds. The molecule has 29 heavy (non-hydrogen) atoms. The Morgan fingerprint density at radius 2 is 1.97 bits per heavy atom. The predicted molar refractivity (Wildman–Crippen MR) is 113 cm³/mol. The van der Waals surface area contributed by atoms with Gasteiger partial charge >= 0.3 is 5.97 Å². The number of nitrogens with zero attached hydrogens (tertiary/aromatic N) is 1. The molecule has 1 aromatic carbocycles. The van der Waals surface area contributed by atoms with Crippen LogP contribution in [-0.2, 0) is 19.1 Å². The van der Waals surface area contributed by atoms with E-state index in [0.717, 1.165) is 24.6 Å². The Bertz CT molecular complexity index is 793. The van der Waals surface area contributed by atoms with Crippen molar-refractivity contribution in [2.75, 3.05) is 5.75 Å². The average molecular weight is 417 g/mol. The van der Waals surface area contributed by atoms with Crippen LogP contribution in [0.3, 0.4) is 0 Å². The molecule has 0 saturated heterocycles. The van der Waals surface area contributed by atoms with Crippen LogP contribution in [0.1, 0.15) is 51.5 Å². The van der Waals surface area contributed by atoms with Crippen LogP contribution in [0, 0.1) is 17.8 Å². The van der Waals surface area contributed by atoms with E-state index in [9.17, 15) is 14.4 Å². The van der Waals surface area contributed by atoms with E-state index in [-0.39, 0.29) is 23.0 Å². The van der Waals surface area contributed by atoms with Crippen LogP contribution in [0.25, 0.3) is 0 Å². The lowest BCUT2D eigenvalue weighted by Gasteiger charge is -2.36. The molecular weight excluding hydrogens is 388 g/mol. The second kappa shape index (κ2) is 9.57. The number of aliphatic imine (C=N–C) groups is 1. The van der Waals surface area contributed by atoms with Gasteiger partial charge in [-0.2, -0.15) is 4.99 Å². The van der Waals surface area contributed by atoms with Gasteiger partial charge in [-0.15, -0.1) is 0 Å². The van der Waals surface area contributed by atoms with Gasteiger partial charge in [-0.25, -0.2) is 0 Å². The van der Waals surface area contributed by atoms with Crippen molar-refractivity contribution in [3.05, 3.63) is 35.9 Å². The van der Waals surface area contributed by atoms with E-state index in [2.05, 4.69) is 31.1 Å². The highest BCUT2D eigenvalue weighted by molar-refractivity contribution is 8.14. The number of ether oxygens (including phenoxy) is 1. The zero-order valence-corrected chi connectivity index (χ0v) is 17.9. The highest BCUT2D eigenvalue weighted by Gasteiger charge is 2.35. The van der Waals surface area contributed by atoms with Crippen molar-refractivity contribution in [2.45, 2.75) is 52.1 Å². The minimum Gasteiger partial charge on any atom is -0.461 e. The maximum absolute atomic E-state index is 12.4. The summed E-state index contributed by atoms with van der Waals surface area (Å²) in [5.74, 6) is -0.826. The van der Waals surface area contributed by atoms with Gasteiger partial charge in [0.05, 0.1) is 5.75 Å². The summed E-state index contributed by atoms with van der Waals surface area (Å²) in [5, 5.41) is 2.79. The second-order valence-corrected chi connectivity index (χ2v) is 9.20. The van der Waals surface area contributed by atoms with Gasteiger partial charge in [0, 0.05) is 0 Å². The summed E-state index contributed by atoms with van der Waals surface area (Å²) in [6.07, 6.45) is 3.05. The summed E-state index contributed by atoms with van der Waals surface area (Å²) < 4.78 is 5.76. The predicted octanol–water partition coefficient (Wildman–Crippen LogP) is 3.52. The first-order valence-corrected chi connectivity index (χ1v) is 11.1. The molecule has 6 nitrogen and oxygen atoms in total. The van der Waals surface area contributed by atoms with Crippen LogP contribution >= 0.6 is 11.8 Å². The van der Waals surface area contributed by atoms with Gasteiger partial charge in [-0.1, -0.05) is 69.3 Å². The lowest BCUT2D eigenvalue weighted by Crippen LogP contribution is -2.42. The number of hydrogen-bond acceptors (Lipinski definition) is 5. The van der Waals surface area contributed by atoms with Crippen LogP contribution in [0.15, 0.2) is 35.3 Å². The van der Waals surface area contributed by atoms with Crippen molar-refractivity contribution >= 4 is 34.7 Å². The van der Waals surface area contributed by atoms with Gasteiger partial charge in [-0.05, 0) is 36.2 Å². The van der Waals surface area contributed by atoms with Gasteiger partial charge in [0.15, 0.2) is 5.17 Å². The van der Waals surface area contributed by atoms with Crippen LogP contribution in [0.2, 0.25) is 0 Å². The molecule has 156 valence electrons. The molecule has 1 saturated carbocycles. The number of nitrogens with one attached hydrogen (secondary N) is 1. The molecule has 1 fully saturated rings.